The Morgan fingerprint density at radius 3 is 2.26 bits per heavy atom. The predicted molar refractivity (Wildman–Crippen MR) is 130 cm³/mol. The standard InChI is InChI=1S/C29H49NO/c1-18(2)19-10-15-29(30)17-16-27(6)20(24(19)29)8-9-22-26(5)13-12-23(31)25(3,4)21(26)11-14-28(22,27)7/h12,18-22,24,31H,8-11,13-17,30H2,1-7H3/t19-,20+,21-,22+,24+,26-,27+,28+,29-/m0/s1. The fourth-order valence-electron chi connectivity index (χ4n) is 11.1. The summed E-state index contributed by atoms with van der Waals surface area (Å²) in [5.41, 5.74) is 8.34. The second-order valence-corrected chi connectivity index (χ2v) is 14.4. The van der Waals surface area contributed by atoms with Crippen molar-refractivity contribution in [3.8, 4) is 0 Å². The molecule has 5 rings (SSSR count). The Morgan fingerprint density at radius 2 is 1.58 bits per heavy atom. The fourth-order valence-corrected chi connectivity index (χ4v) is 11.1. The first-order valence-corrected chi connectivity index (χ1v) is 13.5. The molecular formula is C29H49NO. The summed E-state index contributed by atoms with van der Waals surface area (Å²) in [6, 6.07) is 0. The fraction of sp³-hybridized carbons (Fsp3) is 0.931. The van der Waals surface area contributed by atoms with Crippen molar-refractivity contribution in [3.63, 3.8) is 0 Å². The Balaban J connectivity index is 1.55. The third-order valence-electron chi connectivity index (χ3n) is 12.9. The maximum atomic E-state index is 10.7. The third kappa shape index (κ3) is 2.61. The molecule has 2 heteroatoms. The van der Waals surface area contributed by atoms with E-state index in [4.69, 9.17) is 5.73 Å². The monoisotopic (exact) mass is 427 g/mol. The summed E-state index contributed by atoms with van der Waals surface area (Å²) in [6.07, 6.45) is 13.8. The second-order valence-electron chi connectivity index (χ2n) is 14.4. The van der Waals surface area contributed by atoms with Gasteiger partial charge in [0.05, 0.1) is 5.76 Å². The molecule has 0 aromatic heterocycles. The summed E-state index contributed by atoms with van der Waals surface area (Å²) in [7, 11) is 0. The number of aliphatic hydroxyl groups excluding tert-OH is 1. The lowest BCUT2D eigenvalue weighted by atomic mass is 9.33. The number of fused-ring (bicyclic) bond motifs is 7. The molecule has 9 atom stereocenters. The summed E-state index contributed by atoms with van der Waals surface area (Å²) in [5.74, 6) is 5.08. The van der Waals surface area contributed by atoms with E-state index in [1.807, 2.05) is 0 Å². The second kappa shape index (κ2) is 6.55. The third-order valence-corrected chi connectivity index (χ3v) is 12.9. The van der Waals surface area contributed by atoms with Crippen molar-refractivity contribution in [2.45, 2.75) is 112 Å². The van der Waals surface area contributed by atoms with Gasteiger partial charge in [-0.1, -0.05) is 48.5 Å². The molecular weight excluding hydrogens is 378 g/mol. The molecule has 0 bridgehead atoms. The van der Waals surface area contributed by atoms with Crippen LogP contribution in [0.5, 0.6) is 0 Å². The maximum Gasteiger partial charge on any atom is 0.0942 e. The number of hydrogen-bond donors (Lipinski definition) is 2. The molecule has 4 fully saturated rings. The number of aliphatic hydroxyl groups is 1. The molecule has 0 heterocycles. The zero-order chi connectivity index (χ0) is 22.6. The molecule has 0 unspecified atom stereocenters. The van der Waals surface area contributed by atoms with E-state index in [9.17, 15) is 5.11 Å². The summed E-state index contributed by atoms with van der Waals surface area (Å²) in [5, 5.41) is 10.7. The zero-order valence-electron chi connectivity index (χ0n) is 21.4. The van der Waals surface area contributed by atoms with Crippen molar-refractivity contribution < 1.29 is 5.11 Å². The minimum atomic E-state index is -0.0841. The SMILES string of the molecule is CC(C)[C@@H]1CC[C@]2(N)CC[C@]3(C)[C@H](CC[C@@H]4[C@@]5(C)CC=C(O)C(C)(C)[C@@H]5CC[C@]43C)[C@@H]12. The molecule has 0 aromatic carbocycles. The van der Waals surface area contributed by atoms with Crippen molar-refractivity contribution in [1.82, 2.24) is 0 Å². The molecule has 176 valence electrons. The topological polar surface area (TPSA) is 46.2 Å². The number of rotatable bonds is 1. The Kier molecular flexibility index (Phi) is 4.71. The molecule has 4 saturated carbocycles. The van der Waals surface area contributed by atoms with E-state index in [2.05, 4.69) is 54.5 Å². The van der Waals surface area contributed by atoms with Gasteiger partial charge in [0, 0.05) is 11.0 Å². The van der Waals surface area contributed by atoms with Crippen LogP contribution in [0.15, 0.2) is 11.8 Å². The molecule has 0 spiro atoms. The van der Waals surface area contributed by atoms with Crippen LogP contribution < -0.4 is 5.73 Å². The highest BCUT2D eigenvalue weighted by Gasteiger charge is 2.70. The lowest BCUT2D eigenvalue weighted by Gasteiger charge is -2.72. The quantitative estimate of drug-likeness (QED) is 0.455. The predicted octanol–water partition coefficient (Wildman–Crippen LogP) is 7.49. The first kappa shape index (κ1) is 22.3. The first-order valence-electron chi connectivity index (χ1n) is 13.5. The van der Waals surface area contributed by atoms with Gasteiger partial charge >= 0.3 is 0 Å². The molecule has 31 heavy (non-hydrogen) atoms. The van der Waals surface area contributed by atoms with E-state index in [0.29, 0.717) is 27.9 Å². The molecule has 0 saturated heterocycles. The van der Waals surface area contributed by atoms with Crippen LogP contribution in [0.1, 0.15) is 106 Å². The van der Waals surface area contributed by atoms with Gasteiger partial charge in [-0.05, 0) is 116 Å². The maximum absolute atomic E-state index is 10.7. The van der Waals surface area contributed by atoms with Gasteiger partial charge < -0.3 is 10.8 Å². The molecule has 5 aliphatic carbocycles. The van der Waals surface area contributed by atoms with Crippen molar-refractivity contribution in [2.24, 2.45) is 62.9 Å². The Labute approximate surface area is 191 Å². The largest absolute Gasteiger partial charge is 0.512 e. The van der Waals surface area contributed by atoms with Gasteiger partial charge in [0.15, 0.2) is 0 Å². The van der Waals surface area contributed by atoms with Gasteiger partial charge in [0.1, 0.15) is 0 Å². The molecule has 0 aromatic rings. The summed E-state index contributed by atoms with van der Waals surface area (Å²) >= 11 is 0. The van der Waals surface area contributed by atoms with E-state index in [-0.39, 0.29) is 11.0 Å². The van der Waals surface area contributed by atoms with Gasteiger partial charge in [-0.15, -0.1) is 0 Å². The Bertz CT molecular complexity index is 784. The Hall–Kier alpha value is -0.500. The molecule has 2 nitrogen and oxygen atoms in total. The first-order chi connectivity index (χ1) is 14.3. The normalized spacial score (nSPS) is 55.6. The molecule has 0 radical (unpaired) electrons. The van der Waals surface area contributed by atoms with Crippen LogP contribution in [0.25, 0.3) is 0 Å². The highest BCUT2D eigenvalue weighted by Crippen LogP contribution is 2.76. The van der Waals surface area contributed by atoms with Gasteiger partial charge in [0.2, 0.25) is 0 Å². The summed E-state index contributed by atoms with van der Waals surface area (Å²) in [4.78, 5) is 0. The lowest BCUT2D eigenvalue weighted by molar-refractivity contribution is -0.223. The molecule has 0 aliphatic heterocycles. The van der Waals surface area contributed by atoms with Crippen molar-refractivity contribution in [3.05, 3.63) is 11.8 Å². The smallest absolute Gasteiger partial charge is 0.0942 e. The van der Waals surface area contributed by atoms with Crippen LogP contribution in [0, 0.1) is 57.2 Å². The zero-order valence-corrected chi connectivity index (χ0v) is 21.4. The minimum absolute atomic E-state index is 0.0841. The number of allylic oxidation sites excluding steroid dienone is 2. The van der Waals surface area contributed by atoms with E-state index < -0.39 is 0 Å². The van der Waals surface area contributed by atoms with Crippen LogP contribution in [0.2, 0.25) is 0 Å². The van der Waals surface area contributed by atoms with Gasteiger partial charge in [0.25, 0.3) is 0 Å². The van der Waals surface area contributed by atoms with Gasteiger partial charge in [-0.3, -0.25) is 0 Å². The van der Waals surface area contributed by atoms with E-state index >= 15 is 0 Å². The summed E-state index contributed by atoms with van der Waals surface area (Å²) < 4.78 is 0. The van der Waals surface area contributed by atoms with Crippen LogP contribution in [0.4, 0.5) is 0 Å². The van der Waals surface area contributed by atoms with Crippen LogP contribution in [0.3, 0.4) is 0 Å². The van der Waals surface area contributed by atoms with Gasteiger partial charge in [-0.25, -0.2) is 0 Å². The number of hydrogen-bond acceptors (Lipinski definition) is 2. The summed E-state index contributed by atoms with van der Waals surface area (Å²) in [6.45, 7) is 17.5. The molecule has 0 amide bonds. The molecule has 5 aliphatic rings. The van der Waals surface area contributed by atoms with Crippen molar-refractivity contribution in [1.29, 1.82) is 0 Å². The van der Waals surface area contributed by atoms with E-state index in [1.54, 1.807) is 0 Å². The van der Waals surface area contributed by atoms with Crippen LogP contribution in [-0.4, -0.2) is 10.6 Å². The van der Waals surface area contributed by atoms with Crippen LogP contribution in [-0.2, 0) is 0 Å². The lowest BCUT2D eigenvalue weighted by Crippen LogP contribution is -2.67. The van der Waals surface area contributed by atoms with Gasteiger partial charge in [-0.2, -0.15) is 0 Å². The average molecular weight is 428 g/mol. The average Bonchev–Trinajstić information content (AvgIpc) is 3.04. The van der Waals surface area contributed by atoms with Crippen LogP contribution >= 0.6 is 0 Å². The van der Waals surface area contributed by atoms with Crippen molar-refractivity contribution >= 4 is 0 Å². The minimum Gasteiger partial charge on any atom is -0.512 e. The highest BCUT2D eigenvalue weighted by atomic mass is 16.3. The van der Waals surface area contributed by atoms with E-state index in [1.165, 1.54) is 51.4 Å². The van der Waals surface area contributed by atoms with Crippen molar-refractivity contribution in [2.75, 3.05) is 0 Å². The highest BCUT2D eigenvalue weighted by molar-refractivity contribution is 5.24. The van der Waals surface area contributed by atoms with E-state index in [0.717, 1.165) is 36.0 Å². The number of nitrogens with two attached hydrogens (primary N) is 1. The molecule has 3 N–H and O–H groups in total. The Morgan fingerprint density at radius 1 is 0.871 bits per heavy atom.